The highest BCUT2D eigenvalue weighted by molar-refractivity contribution is 7.99. The van der Waals surface area contributed by atoms with E-state index in [1.165, 1.54) is 6.33 Å². The van der Waals surface area contributed by atoms with Crippen LogP contribution in [0.1, 0.15) is 0 Å². The summed E-state index contributed by atoms with van der Waals surface area (Å²) >= 11 is 1.57. The van der Waals surface area contributed by atoms with Crippen molar-refractivity contribution in [3.63, 3.8) is 0 Å². The maximum absolute atomic E-state index is 8.96. The predicted octanol–water partition coefficient (Wildman–Crippen LogP) is -0.334. The molecule has 0 amide bonds. The van der Waals surface area contributed by atoms with Crippen molar-refractivity contribution < 1.29 is 14.8 Å². The van der Waals surface area contributed by atoms with Gasteiger partial charge in [0.1, 0.15) is 12.1 Å². The summed E-state index contributed by atoms with van der Waals surface area (Å²) in [7, 11) is 0.398. The molecule has 2 aromatic rings. The van der Waals surface area contributed by atoms with E-state index in [0.29, 0.717) is 17.8 Å². The second-order valence-corrected chi connectivity index (χ2v) is 4.87. The van der Waals surface area contributed by atoms with Crippen LogP contribution in [0.25, 0.3) is 0 Å². The van der Waals surface area contributed by atoms with Crippen molar-refractivity contribution in [2.75, 3.05) is 12.4 Å². The van der Waals surface area contributed by atoms with Crippen molar-refractivity contribution in [1.29, 1.82) is 0 Å². The first-order chi connectivity index (χ1) is 9.16. The van der Waals surface area contributed by atoms with Gasteiger partial charge in [-0.2, -0.15) is 5.10 Å². The molecule has 6 nitrogen and oxygen atoms in total. The molecule has 0 saturated carbocycles. The molecule has 100 valence electrons. The lowest BCUT2D eigenvalue weighted by atomic mass is 9.80. The standard InChI is InChI=1S/C11H14BN3O3S/c1-15-11(13-8-14-15)19-7-6-18-10-4-2-9(3-5-10)12(16)17/h2-5,8,16-17H,6-7H2,1H3. The number of ether oxygens (including phenoxy) is 1. The molecule has 0 radical (unpaired) electrons. The van der Waals surface area contributed by atoms with Gasteiger partial charge in [0.05, 0.1) is 6.61 Å². The van der Waals surface area contributed by atoms with Crippen LogP contribution in [0.4, 0.5) is 0 Å². The minimum absolute atomic E-state index is 0.445. The largest absolute Gasteiger partial charge is 0.493 e. The summed E-state index contributed by atoms with van der Waals surface area (Å²) in [5.41, 5.74) is 0.445. The third-order valence-electron chi connectivity index (χ3n) is 2.43. The van der Waals surface area contributed by atoms with Crippen molar-refractivity contribution in [3.8, 4) is 5.75 Å². The molecule has 0 aliphatic heterocycles. The van der Waals surface area contributed by atoms with Gasteiger partial charge < -0.3 is 14.8 Å². The van der Waals surface area contributed by atoms with Crippen LogP contribution < -0.4 is 10.2 Å². The normalized spacial score (nSPS) is 10.5. The first kappa shape index (κ1) is 13.9. The van der Waals surface area contributed by atoms with Crippen LogP contribution in [-0.4, -0.2) is 44.3 Å². The van der Waals surface area contributed by atoms with Crippen LogP contribution in [0.3, 0.4) is 0 Å². The number of hydrogen-bond acceptors (Lipinski definition) is 6. The van der Waals surface area contributed by atoms with Gasteiger partial charge in [0.25, 0.3) is 0 Å². The monoisotopic (exact) mass is 279 g/mol. The molecule has 0 unspecified atom stereocenters. The molecule has 2 N–H and O–H groups in total. The maximum Gasteiger partial charge on any atom is 0.488 e. The first-order valence-corrected chi connectivity index (χ1v) is 6.71. The highest BCUT2D eigenvalue weighted by Gasteiger charge is 2.09. The number of rotatable bonds is 6. The summed E-state index contributed by atoms with van der Waals surface area (Å²) in [5.74, 6) is 1.46. The van der Waals surface area contributed by atoms with E-state index in [1.54, 1.807) is 40.7 Å². The van der Waals surface area contributed by atoms with Gasteiger partial charge in [-0.15, -0.1) is 0 Å². The molecule has 0 atom stereocenters. The van der Waals surface area contributed by atoms with Crippen molar-refractivity contribution in [2.45, 2.75) is 5.16 Å². The predicted molar refractivity (Wildman–Crippen MR) is 73.5 cm³/mol. The van der Waals surface area contributed by atoms with Gasteiger partial charge in [-0.3, -0.25) is 0 Å². The number of nitrogens with zero attached hydrogens (tertiary/aromatic N) is 3. The van der Waals surface area contributed by atoms with Gasteiger partial charge >= 0.3 is 7.12 Å². The zero-order valence-electron chi connectivity index (χ0n) is 10.4. The van der Waals surface area contributed by atoms with Crippen LogP contribution in [0.15, 0.2) is 35.7 Å². The second-order valence-electron chi connectivity index (χ2n) is 3.81. The summed E-state index contributed by atoms with van der Waals surface area (Å²) in [4.78, 5) is 4.10. The SMILES string of the molecule is Cn1ncnc1SCCOc1ccc(B(O)O)cc1. The van der Waals surface area contributed by atoms with Crippen molar-refractivity contribution in [3.05, 3.63) is 30.6 Å². The number of benzene rings is 1. The van der Waals surface area contributed by atoms with Crippen molar-refractivity contribution in [1.82, 2.24) is 14.8 Å². The van der Waals surface area contributed by atoms with Gasteiger partial charge in [0.15, 0.2) is 5.16 Å². The Balaban J connectivity index is 1.75. The zero-order valence-corrected chi connectivity index (χ0v) is 11.2. The Morgan fingerprint density at radius 2 is 2.05 bits per heavy atom. The third-order valence-corrected chi connectivity index (χ3v) is 3.43. The summed E-state index contributed by atoms with van der Waals surface area (Å²) < 4.78 is 7.25. The average Bonchev–Trinajstić information content (AvgIpc) is 2.81. The molecule has 1 heterocycles. The van der Waals surface area contributed by atoms with E-state index in [9.17, 15) is 0 Å². The Morgan fingerprint density at radius 3 is 2.63 bits per heavy atom. The molecule has 0 saturated heterocycles. The quantitative estimate of drug-likeness (QED) is 0.428. The van der Waals surface area contributed by atoms with E-state index < -0.39 is 7.12 Å². The van der Waals surface area contributed by atoms with Gasteiger partial charge in [-0.05, 0) is 17.6 Å². The fourth-order valence-electron chi connectivity index (χ4n) is 1.44. The molecular formula is C11H14BN3O3S. The molecule has 0 bridgehead atoms. The highest BCUT2D eigenvalue weighted by Crippen LogP contribution is 2.14. The Morgan fingerprint density at radius 1 is 1.32 bits per heavy atom. The Bertz CT molecular complexity index is 518. The van der Waals surface area contributed by atoms with E-state index in [0.717, 1.165) is 10.9 Å². The lowest BCUT2D eigenvalue weighted by molar-refractivity contribution is 0.344. The van der Waals surface area contributed by atoms with E-state index in [4.69, 9.17) is 14.8 Å². The van der Waals surface area contributed by atoms with Gasteiger partial charge in [-0.1, -0.05) is 23.9 Å². The lowest BCUT2D eigenvalue weighted by Gasteiger charge is -2.06. The summed E-state index contributed by atoms with van der Waals surface area (Å²) in [6.07, 6.45) is 1.52. The van der Waals surface area contributed by atoms with Crippen molar-refractivity contribution in [2.24, 2.45) is 7.05 Å². The van der Waals surface area contributed by atoms with Crippen LogP contribution in [0, 0.1) is 0 Å². The summed E-state index contributed by atoms with van der Waals surface area (Å²) in [6.45, 7) is 0.540. The molecule has 19 heavy (non-hydrogen) atoms. The number of aromatic nitrogens is 3. The topological polar surface area (TPSA) is 80.4 Å². The Hall–Kier alpha value is -1.51. The van der Waals surface area contributed by atoms with Gasteiger partial charge in [0, 0.05) is 12.8 Å². The lowest BCUT2D eigenvalue weighted by Crippen LogP contribution is -2.29. The Labute approximate surface area is 115 Å². The number of aryl methyl sites for hydroxylation is 1. The molecule has 2 rings (SSSR count). The highest BCUT2D eigenvalue weighted by atomic mass is 32.2. The molecule has 0 aliphatic rings. The minimum atomic E-state index is -1.44. The average molecular weight is 279 g/mol. The number of thioether (sulfide) groups is 1. The summed E-state index contributed by atoms with van der Waals surface area (Å²) in [5, 5.41) is 22.7. The molecular weight excluding hydrogens is 265 g/mol. The molecule has 8 heteroatoms. The van der Waals surface area contributed by atoms with Crippen molar-refractivity contribution >= 4 is 24.3 Å². The smallest absolute Gasteiger partial charge is 0.488 e. The zero-order chi connectivity index (χ0) is 13.7. The minimum Gasteiger partial charge on any atom is -0.493 e. The van der Waals surface area contributed by atoms with Crippen LogP contribution in [-0.2, 0) is 7.05 Å². The van der Waals surface area contributed by atoms with E-state index >= 15 is 0 Å². The van der Waals surface area contributed by atoms with Crippen LogP contribution >= 0.6 is 11.8 Å². The first-order valence-electron chi connectivity index (χ1n) is 5.72. The maximum atomic E-state index is 8.96. The van der Waals surface area contributed by atoms with E-state index in [2.05, 4.69) is 10.1 Å². The summed E-state index contributed by atoms with van der Waals surface area (Å²) in [6, 6.07) is 6.66. The van der Waals surface area contributed by atoms with E-state index in [1.807, 2.05) is 7.05 Å². The third kappa shape index (κ3) is 3.98. The van der Waals surface area contributed by atoms with Gasteiger partial charge in [-0.25, -0.2) is 9.67 Å². The van der Waals surface area contributed by atoms with Gasteiger partial charge in [0.2, 0.25) is 0 Å². The van der Waals surface area contributed by atoms with Crippen LogP contribution in [0.2, 0.25) is 0 Å². The fraction of sp³-hybridized carbons (Fsp3) is 0.273. The van der Waals surface area contributed by atoms with E-state index in [-0.39, 0.29) is 0 Å². The molecule has 1 aromatic heterocycles. The fourth-order valence-corrected chi connectivity index (χ4v) is 2.15. The molecule has 0 fully saturated rings. The molecule has 0 spiro atoms. The molecule has 1 aromatic carbocycles. The Kier molecular flexibility index (Phi) is 4.83. The second kappa shape index (κ2) is 6.60. The van der Waals surface area contributed by atoms with Crippen LogP contribution in [0.5, 0.6) is 5.75 Å². The molecule has 0 aliphatic carbocycles. The number of hydrogen-bond donors (Lipinski definition) is 2.